The molecule has 3 rings (SSSR count). The maximum Gasteiger partial charge on any atom is 0.339 e. The van der Waals surface area contributed by atoms with Gasteiger partial charge < -0.3 is 4.74 Å². The highest BCUT2D eigenvalue weighted by atomic mass is 35.5. The maximum absolute atomic E-state index is 12.4. The van der Waals surface area contributed by atoms with Crippen LogP contribution in [0.3, 0.4) is 0 Å². The van der Waals surface area contributed by atoms with Gasteiger partial charge >= 0.3 is 5.97 Å². The van der Waals surface area contributed by atoms with E-state index in [-0.39, 0.29) is 12.6 Å². The number of hydrogen-bond acceptors (Lipinski definition) is 3. The summed E-state index contributed by atoms with van der Waals surface area (Å²) in [6.07, 6.45) is 1.64. The van der Waals surface area contributed by atoms with E-state index in [1.165, 1.54) is 0 Å². The van der Waals surface area contributed by atoms with Crippen LogP contribution in [0.5, 0.6) is 0 Å². The Morgan fingerprint density at radius 2 is 1.72 bits per heavy atom. The van der Waals surface area contributed by atoms with E-state index in [1.807, 2.05) is 54.6 Å². The number of esters is 1. The summed E-state index contributed by atoms with van der Waals surface area (Å²) in [6.45, 7) is 0.236. The molecule has 0 radical (unpaired) electrons. The fourth-order valence-corrected chi connectivity index (χ4v) is 2.48. The second-order valence-electron chi connectivity index (χ2n) is 5.39. The van der Waals surface area contributed by atoms with Gasteiger partial charge in [-0.1, -0.05) is 66.2 Å². The van der Waals surface area contributed by atoms with Gasteiger partial charge in [0.15, 0.2) is 0 Å². The molecule has 0 amide bonds. The van der Waals surface area contributed by atoms with Crippen LogP contribution >= 0.6 is 11.6 Å². The molecule has 0 N–H and O–H groups in total. The van der Waals surface area contributed by atoms with Crippen LogP contribution in [-0.2, 0) is 11.3 Å². The summed E-state index contributed by atoms with van der Waals surface area (Å²) < 4.78 is 5.40. The van der Waals surface area contributed by atoms with E-state index in [2.05, 4.69) is 4.99 Å². The number of ether oxygens (including phenoxy) is 1. The minimum atomic E-state index is -0.378. The van der Waals surface area contributed by atoms with Crippen molar-refractivity contribution in [1.29, 1.82) is 0 Å². The molecule has 0 unspecified atom stereocenters. The van der Waals surface area contributed by atoms with Crippen molar-refractivity contribution in [3.05, 3.63) is 101 Å². The topological polar surface area (TPSA) is 38.7 Å². The first kappa shape index (κ1) is 16.9. The van der Waals surface area contributed by atoms with Gasteiger partial charge in [-0.3, -0.25) is 4.99 Å². The Kier molecular flexibility index (Phi) is 5.60. The number of carbonyl (C=O) groups excluding carboxylic acids is 1. The molecule has 0 saturated carbocycles. The zero-order chi connectivity index (χ0) is 17.5. The van der Waals surface area contributed by atoms with Gasteiger partial charge in [-0.05, 0) is 29.8 Å². The molecule has 0 spiro atoms. The van der Waals surface area contributed by atoms with Crippen molar-refractivity contribution in [1.82, 2.24) is 0 Å². The summed E-state index contributed by atoms with van der Waals surface area (Å²) in [4.78, 5) is 16.8. The molecule has 0 aromatic heterocycles. The summed E-state index contributed by atoms with van der Waals surface area (Å²) in [5.41, 5.74) is 2.84. The van der Waals surface area contributed by atoms with Gasteiger partial charge in [-0.25, -0.2) is 4.79 Å². The summed E-state index contributed by atoms with van der Waals surface area (Å²) in [5, 5.41) is 0.616. The molecule has 0 aliphatic carbocycles. The molecular formula is C21H16ClNO2. The van der Waals surface area contributed by atoms with Crippen LogP contribution in [0.4, 0.5) is 5.69 Å². The highest BCUT2D eigenvalue weighted by Gasteiger charge is 2.11. The van der Waals surface area contributed by atoms with Gasteiger partial charge in [-0.2, -0.15) is 0 Å². The van der Waals surface area contributed by atoms with Crippen LogP contribution in [-0.4, -0.2) is 12.2 Å². The normalized spacial score (nSPS) is 10.8. The number of aliphatic imine (C=N–C) groups is 1. The molecule has 0 fully saturated rings. The third-order valence-electron chi connectivity index (χ3n) is 3.55. The van der Waals surface area contributed by atoms with E-state index in [9.17, 15) is 4.79 Å². The lowest BCUT2D eigenvalue weighted by Crippen LogP contribution is -2.08. The maximum atomic E-state index is 12.4. The first-order valence-electron chi connectivity index (χ1n) is 7.82. The Labute approximate surface area is 151 Å². The van der Waals surface area contributed by atoms with Crippen LogP contribution in [0, 0.1) is 0 Å². The number of hydrogen-bond donors (Lipinski definition) is 0. The van der Waals surface area contributed by atoms with Gasteiger partial charge in [0.05, 0.1) is 11.3 Å². The third kappa shape index (κ3) is 4.78. The molecule has 0 atom stereocenters. The van der Waals surface area contributed by atoms with E-state index in [1.54, 1.807) is 30.5 Å². The number of halogens is 1. The van der Waals surface area contributed by atoms with Crippen molar-refractivity contribution in [2.75, 3.05) is 0 Å². The number of carbonyl (C=O) groups is 1. The van der Waals surface area contributed by atoms with Crippen LogP contribution in [0.15, 0.2) is 83.9 Å². The molecule has 0 aliphatic heterocycles. The predicted octanol–water partition coefficient (Wildman–Crippen LogP) is 5.45. The van der Waals surface area contributed by atoms with Crippen LogP contribution in [0.1, 0.15) is 21.5 Å². The monoisotopic (exact) mass is 349 g/mol. The minimum absolute atomic E-state index is 0.236. The van der Waals surface area contributed by atoms with Crippen LogP contribution in [0.2, 0.25) is 5.02 Å². The first-order valence-corrected chi connectivity index (χ1v) is 8.20. The number of benzene rings is 3. The van der Waals surface area contributed by atoms with Crippen LogP contribution in [0.25, 0.3) is 0 Å². The van der Waals surface area contributed by atoms with Crippen molar-refractivity contribution < 1.29 is 9.53 Å². The Balaban J connectivity index is 1.75. The smallest absolute Gasteiger partial charge is 0.339 e. The molecule has 4 heteroatoms. The molecule has 0 bridgehead atoms. The van der Waals surface area contributed by atoms with E-state index in [0.717, 1.165) is 11.3 Å². The van der Waals surface area contributed by atoms with E-state index < -0.39 is 0 Å². The minimum Gasteiger partial charge on any atom is -0.457 e. The predicted molar refractivity (Wildman–Crippen MR) is 101 cm³/mol. The summed E-state index contributed by atoms with van der Waals surface area (Å²) in [6, 6.07) is 24.0. The molecular weight excluding hydrogens is 334 g/mol. The fourth-order valence-electron chi connectivity index (χ4n) is 2.30. The molecule has 3 nitrogen and oxygen atoms in total. The largest absolute Gasteiger partial charge is 0.457 e. The van der Waals surface area contributed by atoms with Gasteiger partial charge in [0.25, 0.3) is 0 Å². The molecule has 0 heterocycles. The summed E-state index contributed by atoms with van der Waals surface area (Å²) >= 11 is 5.96. The van der Waals surface area contributed by atoms with Gasteiger partial charge in [-0.15, -0.1) is 0 Å². The van der Waals surface area contributed by atoms with Crippen molar-refractivity contribution in [3.63, 3.8) is 0 Å². The quantitative estimate of drug-likeness (QED) is 0.454. The van der Waals surface area contributed by atoms with Crippen molar-refractivity contribution in [2.24, 2.45) is 4.99 Å². The number of nitrogens with zero attached hydrogens (tertiary/aromatic N) is 1. The number of rotatable bonds is 5. The second-order valence-corrected chi connectivity index (χ2v) is 5.82. The average molecular weight is 350 g/mol. The Bertz CT molecular complexity index is 891. The van der Waals surface area contributed by atoms with E-state index >= 15 is 0 Å². The zero-order valence-electron chi connectivity index (χ0n) is 13.4. The standard InChI is InChI=1S/C21H16ClNO2/c22-18-10-6-11-19(13-18)23-14-17-9-4-5-12-20(17)21(24)25-15-16-7-2-1-3-8-16/h1-14H,15H2/b23-14-. The van der Waals surface area contributed by atoms with E-state index in [0.29, 0.717) is 16.1 Å². The zero-order valence-corrected chi connectivity index (χ0v) is 14.2. The highest BCUT2D eigenvalue weighted by molar-refractivity contribution is 6.30. The second kappa shape index (κ2) is 8.27. The summed E-state index contributed by atoms with van der Waals surface area (Å²) in [7, 11) is 0. The van der Waals surface area contributed by atoms with Gasteiger partial charge in [0.1, 0.15) is 6.61 Å². The lowest BCUT2D eigenvalue weighted by atomic mass is 10.1. The molecule has 3 aromatic rings. The fraction of sp³-hybridized carbons (Fsp3) is 0.0476. The Hall–Kier alpha value is -2.91. The van der Waals surface area contributed by atoms with Crippen molar-refractivity contribution in [3.8, 4) is 0 Å². The first-order chi connectivity index (χ1) is 12.2. The average Bonchev–Trinajstić information content (AvgIpc) is 2.65. The third-order valence-corrected chi connectivity index (χ3v) is 3.79. The van der Waals surface area contributed by atoms with Crippen molar-refractivity contribution in [2.45, 2.75) is 6.61 Å². The van der Waals surface area contributed by atoms with Gasteiger partial charge in [0.2, 0.25) is 0 Å². The van der Waals surface area contributed by atoms with Gasteiger partial charge in [0, 0.05) is 16.8 Å². The van der Waals surface area contributed by atoms with E-state index in [4.69, 9.17) is 16.3 Å². The Morgan fingerprint density at radius 1 is 0.960 bits per heavy atom. The molecule has 0 aliphatic rings. The molecule has 3 aromatic carbocycles. The molecule has 25 heavy (non-hydrogen) atoms. The highest BCUT2D eigenvalue weighted by Crippen LogP contribution is 2.18. The molecule has 124 valence electrons. The van der Waals surface area contributed by atoms with Crippen molar-refractivity contribution >= 4 is 29.5 Å². The SMILES string of the molecule is O=C(OCc1ccccc1)c1ccccc1/C=N\c1cccc(Cl)c1. The lowest BCUT2D eigenvalue weighted by molar-refractivity contribution is 0.0472. The summed E-state index contributed by atoms with van der Waals surface area (Å²) in [5.74, 6) is -0.378. The Morgan fingerprint density at radius 3 is 2.52 bits per heavy atom. The lowest BCUT2D eigenvalue weighted by Gasteiger charge is -2.07. The van der Waals surface area contributed by atoms with Crippen LogP contribution < -0.4 is 0 Å². The molecule has 0 saturated heterocycles.